The number of nitrogens with one attached hydrogen (secondary N) is 3. The van der Waals surface area contributed by atoms with Crippen molar-refractivity contribution < 1.29 is 9.21 Å². The van der Waals surface area contributed by atoms with E-state index in [-0.39, 0.29) is 12.6 Å². The number of amides is 2. The number of oxazole rings is 1. The van der Waals surface area contributed by atoms with Crippen molar-refractivity contribution >= 4 is 33.9 Å². The van der Waals surface area contributed by atoms with Crippen LogP contribution in [0, 0.1) is 0 Å². The number of urea groups is 1. The summed E-state index contributed by atoms with van der Waals surface area (Å²) in [6, 6.07) is 17.2. The lowest BCUT2D eigenvalue weighted by Gasteiger charge is -2.08. The summed E-state index contributed by atoms with van der Waals surface area (Å²) in [5.41, 5.74) is 2.72. The Bertz CT molecular complexity index is 1030. The Morgan fingerprint density at radius 2 is 1.79 bits per heavy atom. The third-order valence-corrected chi connectivity index (χ3v) is 4.83. The third kappa shape index (κ3) is 4.54. The highest BCUT2D eigenvalue weighted by atomic mass is 32.1. The minimum absolute atomic E-state index is 0.277. The zero-order chi connectivity index (χ0) is 19.2. The highest BCUT2D eigenvalue weighted by Crippen LogP contribution is 2.30. The summed E-state index contributed by atoms with van der Waals surface area (Å²) in [4.78, 5) is 21.2. The summed E-state index contributed by atoms with van der Waals surface area (Å²) in [5.74, 6) is 0.591. The van der Waals surface area contributed by atoms with E-state index in [9.17, 15) is 4.79 Å². The fourth-order valence-electron chi connectivity index (χ4n) is 2.50. The van der Waals surface area contributed by atoms with Gasteiger partial charge in [0.2, 0.25) is 0 Å². The first-order chi connectivity index (χ1) is 13.8. The summed E-state index contributed by atoms with van der Waals surface area (Å²) in [6.07, 6.45) is 4.74. The fourth-order valence-corrected chi connectivity index (χ4v) is 3.34. The van der Waals surface area contributed by atoms with Crippen molar-refractivity contribution in [2.24, 2.45) is 0 Å². The molecule has 0 aliphatic heterocycles. The van der Waals surface area contributed by atoms with E-state index in [1.165, 1.54) is 6.39 Å². The van der Waals surface area contributed by atoms with Crippen LogP contribution in [0.5, 0.6) is 0 Å². The van der Waals surface area contributed by atoms with E-state index < -0.39 is 0 Å². The van der Waals surface area contributed by atoms with Gasteiger partial charge < -0.3 is 20.4 Å². The largest absolute Gasteiger partial charge is 0.447 e. The molecule has 0 bridgehead atoms. The molecular formula is C20H17N5O2S. The van der Waals surface area contributed by atoms with Crippen LogP contribution in [0.25, 0.3) is 10.4 Å². The van der Waals surface area contributed by atoms with E-state index in [0.717, 1.165) is 21.3 Å². The van der Waals surface area contributed by atoms with E-state index in [1.54, 1.807) is 17.5 Å². The molecule has 8 heteroatoms. The van der Waals surface area contributed by atoms with Gasteiger partial charge in [0.1, 0.15) is 5.76 Å². The lowest BCUT2D eigenvalue weighted by molar-refractivity contribution is 0.251. The molecule has 2 aromatic heterocycles. The molecule has 2 heterocycles. The van der Waals surface area contributed by atoms with E-state index in [2.05, 4.69) is 38.1 Å². The summed E-state index contributed by atoms with van der Waals surface area (Å²) in [5, 5.41) is 9.55. The Labute approximate surface area is 165 Å². The minimum atomic E-state index is -0.315. The van der Waals surface area contributed by atoms with Crippen LogP contribution in [0.2, 0.25) is 0 Å². The molecule has 0 unspecified atom stereocenters. The average molecular weight is 391 g/mol. The van der Waals surface area contributed by atoms with Gasteiger partial charge in [0.15, 0.2) is 11.5 Å². The molecule has 0 saturated heterocycles. The number of hydrogen-bond donors (Lipinski definition) is 3. The number of thiazole rings is 1. The molecule has 0 fully saturated rings. The number of carbonyl (C=O) groups excluding carboxylic acids is 1. The smallest absolute Gasteiger partial charge is 0.319 e. The molecule has 28 heavy (non-hydrogen) atoms. The quantitative estimate of drug-likeness (QED) is 0.436. The van der Waals surface area contributed by atoms with Gasteiger partial charge in [0.25, 0.3) is 0 Å². The molecule has 7 nitrogen and oxygen atoms in total. The van der Waals surface area contributed by atoms with Crippen molar-refractivity contribution in [2.45, 2.75) is 6.54 Å². The molecule has 3 N–H and O–H groups in total. The molecule has 0 atom stereocenters. The van der Waals surface area contributed by atoms with Gasteiger partial charge in [-0.25, -0.2) is 14.8 Å². The molecular weight excluding hydrogens is 374 g/mol. The summed E-state index contributed by atoms with van der Waals surface area (Å²) >= 11 is 1.58. The van der Waals surface area contributed by atoms with E-state index in [4.69, 9.17) is 4.42 Å². The molecule has 140 valence electrons. The zero-order valence-electron chi connectivity index (χ0n) is 14.8. The molecule has 2 aromatic carbocycles. The topological polar surface area (TPSA) is 92.1 Å². The van der Waals surface area contributed by atoms with E-state index in [0.29, 0.717) is 11.4 Å². The summed E-state index contributed by atoms with van der Waals surface area (Å²) in [6.45, 7) is 0.277. The summed E-state index contributed by atoms with van der Waals surface area (Å²) in [7, 11) is 0. The second-order valence-corrected chi connectivity index (χ2v) is 6.90. The standard InChI is InChI=1S/C20H17N5O2S/c26-19(22-11-17-10-21-13-27-17)24-15-6-8-16(9-7-15)25-20-23-12-18(28-20)14-4-2-1-3-5-14/h1-10,12-13H,11H2,(H,23,25)(H2,22,24,26). The number of carbonyl (C=O) groups is 1. The first-order valence-electron chi connectivity index (χ1n) is 8.57. The van der Waals surface area contributed by atoms with Crippen LogP contribution in [-0.4, -0.2) is 16.0 Å². The lowest BCUT2D eigenvalue weighted by atomic mass is 10.2. The number of rotatable bonds is 6. The minimum Gasteiger partial charge on any atom is -0.447 e. The molecule has 0 spiro atoms. The average Bonchev–Trinajstić information content (AvgIpc) is 3.41. The van der Waals surface area contributed by atoms with Crippen molar-refractivity contribution in [3.05, 3.63) is 79.1 Å². The van der Waals surface area contributed by atoms with Gasteiger partial charge in [-0.1, -0.05) is 41.7 Å². The zero-order valence-corrected chi connectivity index (χ0v) is 15.6. The molecule has 0 aliphatic carbocycles. The molecule has 4 aromatic rings. The van der Waals surface area contributed by atoms with Crippen molar-refractivity contribution in [3.63, 3.8) is 0 Å². The molecule has 0 aliphatic rings. The molecule has 0 radical (unpaired) electrons. The van der Waals surface area contributed by atoms with Gasteiger partial charge in [-0.3, -0.25) is 0 Å². The Hall–Kier alpha value is -3.65. The Balaban J connectivity index is 1.32. The van der Waals surface area contributed by atoms with Gasteiger partial charge in [-0.05, 0) is 29.8 Å². The van der Waals surface area contributed by atoms with Crippen molar-refractivity contribution in [1.29, 1.82) is 0 Å². The monoisotopic (exact) mass is 391 g/mol. The summed E-state index contributed by atoms with van der Waals surface area (Å²) < 4.78 is 5.07. The molecule has 4 rings (SSSR count). The van der Waals surface area contributed by atoms with E-state index in [1.807, 2.05) is 48.7 Å². The Morgan fingerprint density at radius 1 is 1.00 bits per heavy atom. The van der Waals surface area contributed by atoms with Gasteiger partial charge in [0.05, 0.1) is 17.6 Å². The van der Waals surface area contributed by atoms with Crippen LogP contribution in [0.4, 0.5) is 21.3 Å². The Kier molecular flexibility index (Phi) is 5.30. The molecule has 0 saturated carbocycles. The maximum absolute atomic E-state index is 11.9. The maximum Gasteiger partial charge on any atom is 0.319 e. The predicted octanol–water partition coefficient (Wildman–Crippen LogP) is 4.86. The van der Waals surface area contributed by atoms with Gasteiger partial charge in [-0.2, -0.15) is 0 Å². The highest BCUT2D eigenvalue weighted by molar-refractivity contribution is 7.18. The SMILES string of the molecule is O=C(NCc1cnco1)Nc1ccc(Nc2ncc(-c3ccccc3)s2)cc1. The van der Waals surface area contributed by atoms with E-state index >= 15 is 0 Å². The first-order valence-corrected chi connectivity index (χ1v) is 9.38. The highest BCUT2D eigenvalue weighted by Gasteiger charge is 2.06. The van der Waals surface area contributed by atoms with Gasteiger partial charge in [-0.15, -0.1) is 0 Å². The molecule has 2 amide bonds. The predicted molar refractivity (Wildman–Crippen MR) is 110 cm³/mol. The van der Waals surface area contributed by atoms with Crippen LogP contribution in [0.1, 0.15) is 5.76 Å². The van der Waals surface area contributed by atoms with Crippen LogP contribution in [0.3, 0.4) is 0 Å². The lowest BCUT2D eigenvalue weighted by Crippen LogP contribution is -2.27. The number of hydrogen-bond acceptors (Lipinski definition) is 6. The van der Waals surface area contributed by atoms with Crippen molar-refractivity contribution in [2.75, 3.05) is 10.6 Å². The first kappa shape index (κ1) is 17.7. The van der Waals surface area contributed by atoms with Gasteiger partial charge in [0, 0.05) is 17.6 Å². The Morgan fingerprint density at radius 3 is 2.54 bits per heavy atom. The van der Waals surface area contributed by atoms with Crippen molar-refractivity contribution in [3.8, 4) is 10.4 Å². The second kappa shape index (κ2) is 8.36. The van der Waals surface area contributed by atoms with Crippen LogP contribution < -0.4 is 16.0 Å². The van der Waals surface area contributed by atoms with Crippen molar-refractivity contribution in [1.82, 2.24) is 15.3 Å². The maximum atomic E-state index is 11.9. The van der Waals surface area contributed by atoms with Crippen LogP contribution >= 0.6 is 11.3 Å². The number of benzene rings is 2. The van der Waals surface area contributed by atoms with Gasteiger partial charge >= 0.3 is 6.03 Å². The van der Waals surface area contributed by atoms with Crippen LogP contribution in [0.15, 0.2) is 77.8 Å². The normalized spacial score (nSPS) is 10.4. The number of aromatic nitrogens is 2. The number of nitrogens with zero attached hydrogens (tertiary/aromatic N) is 2. The fraction of sp³-hybridized carbons (Fsp3) is 0.0500. The second-order valence-electron chi connectivity index (χ2n) is 5.87. The third-order valence-electron chi connectivity index (χ3n) is 3.86. The number of anilines is 3. The van der Waals surface area contributed by atoms with Crippen LogP contribution in [-0.2, 0) is 6.54 Å².